The number of amides is 2. The molecule has 2 amide bonds. The minimum atomic E-state index is -0.606. The van der Waals surface area contributed by atoms with Gasteiger partial charge in [0.2, 0.25) is 5.91 Å². The maximum atomic E-state index is 12.3. The Bertz CT molecular complexity index is 886. The quantitative estimate of drug-likeness (QED) is 0.418. The van der Waals surface area contributed by atoms with Crippen LogP contribution in [0.1, 0.15) is 17.3 Å². The zero-order chi connectivity index (χ0) is 19.3. The van der Waals surface area contributed by atoms with Gasteiger partial charge >= 0.3 is 0 Å². The number of anilines is 2. The van der Waals surface area contributed by atoms with E-state index in [1.165, 1.54) is 19.1 Å². The fourth-order valence-electron chi connectivity index (χ4n) is 1.96. The molecule has 0 aliphatic rings. The maximum Gasteiger partial charge on any atom is 0.270 e. The van der Waals surface area contributed by atoms with Crippen molar-refractivity contribution < 1.29 is 14.5 Å². The van der Waals surface area contributed by atoms with Gasteiger partial charge in [0.05, 0.1) is 15.5 Å². The first-order chi connectivity index (χ1) is 12.3. The number of hydrogen-bond donors (Lipinski definition) is 3. The number of hydrogen-bond acceptors (Lipinski definition) is 5. The van der Waals surface area contributed by atoms with Crippen LogP contribution in [-0.2, 0) is 4.79 Å². The molecule has 3 N–H and O–H groups in total. The maximum absolute atomic E-state index is 12.3. The molecule has 26 heavy (non-hydrogen) atoms. The van der Waals surface area contributed by atoms with E-state index >= 15 is 0 Å². The highest BCUT2D eigenvalue weighted by molar-refractivity contribution is 7.80. The molecule has 0 aromatic heterocycles. The number of thiocarbonyl (C=S) groups is 1. The van der Waals surface area contributed by atoms with E-state index in [2.05, 4.69) is 16.0 Å². The predicted octanol–water partition coefficient (Wildman–Crippen LogP) is 3.33. The number of nitrogens with one attached hydrogen (secondary N) is 3. The Labute approximate surface area is 158 Å². The summed E-state index contributed by atoms with van der Waals surface area (Å²) in [4.78, 5) is 33.4. The van der Waals surface area contributed by atoms with Crippen LogP contribution in [0.5, 0.6) is 0 Å². The second-order valence-electron chi connectivity index (χ2n) is 5.09. The second kappa shape index (κ2) is 8.37. The zero-order valence-electron chi connectivity index (χ0n) is 13.4. The van der Waals surface area contributed by atoms with E-state index in [4.69, 9.17) is 23.8 Å². The van der Waals surface area contributed by atoms with Gasteiger partial charge < -0.3 is 16.0 Å². The van der Waals surface area contributed by atoms with Crippen LogP contribution < -0.4 is 16.0 Å². The second-order valence-corrected chi connectivity index (χ2v) is 5.90. The first kappa shape index (κ1) is 19.3. The lowest BCUT2D eigenvalue weighted by Crippen LogP contribution is -2.32. The molecule has 2 rings (SSSR count). The van der Waals surface area contributed by atoms with E-state index in [0.29, 0.717) is 11.4 Å². The third kappa shape index (κ3) is 5.23. The lowest BCUT2D eigenvalue weighted by Gasteiger charge is -2.10. The molecular weight excluding hydrogens is 380 g/mol. The Hall–Kier alpha value is -3.04. The van der Waals surface area contributed by atoms with Crippen molar-refractivity contribution in [2.45, 2.75) is 6.92 Å². The monoisotopic (exact) mass is 392 g/mol. The van der Waals surface area contributed by atoms with Crippen LogP contribution in [0.25, 0.3) is 0 Å². The molecule has 0 heterocycles. The van der Waals surface area contributed by atoms with Gasteiger partial charge in [-0.25, -0.2) is 0 Å². The van der Waals surface area contributed by atoms with Gasteiger partial charge in [-0.15, -0.1) is 0 Å². The summed E-state index contributed by atoms with van der Waals surface area (Å²) in [5.74, 6) is -0.867. The summed E-state index contributed by atoms with van der Waals surface area (Å²) >= 11 is 10.9. The normalized spacial score (nSPS) is 9.92. The zero-order valence-corrected chi connectivity index (χ0v) is 15.0. The van der Waals surface area contributed by atoms with Gasteiger partial charge in [-0.3, -0.25) is 19.7 Å². The van der Waals surface area contributed by atoms with Crippen LogP contribution in [-0.4, -0.2) is 21.9 Å². The molecule has 0 atom stereocenters. The van der Waals surface area contributed by atoms with Crippen molar-refractivity contribution >= 4 is 57.8 Å². The average molecular weight is 393 g/mol. The third-order valence-electron chi connectivity index (χ3n) is 3.10. The highest BCUT2D eigenvalue weighted by atomic mass is 35.5. The Kier molecular flexibility index (Phi) is 6.21. The van der Waals surface area contributed by atoms with Gasteiger partial charge in [0.15, 0.2) is 5.11 Å². The molecule has 10 heteroatoms. The molecule has 8 nitrogen and oxygen atoms in total. The standard InChI is InChI=1S/C16H13ClN4O4S/c1-9(22)18-16(26)20-11-4-2-10(3-5-11)19-15(23)13-8-12(21(24)25)6-7-14(13)17/h2-8H,1H3,(H,19,23)(H2,18,20,22,26). The van der Waals surface area contributed by atoms with E-state index in [9.17, 15) is 19.7 Å². The van der Waals surface area contributed by atoms with Crippen molar-refractivity contribution in [1.82, 2.24) is 5.32 Å². The Morgan fingerprint density at radius 2 is 1.65 bits per heavy atom. The Morgan fingerprint density at radius 3 is 2.19 bits per heavy atom. The molecular formula is C16H13ClN4O4S. The van der Waals surface area contributed by atoms with E-state index in [0.717, 1.165) is 6.07 Å². The number of nitrogens with zero attached hydrogens (tertiary/aromatic N) is 1. The summed E-state index contributed by atoms with van der Waals surface area (Å²) in [6.45, 7) is 1.34. The molecule has 2 aromatic carbocycles. The minimum absolute atomic E-state index is 0.00472. The largest absolute Gasteiger partial charge is 0.332 e. The summed E-state index contributed by atoms with van der Waals surface area (Å²) in [7, 11) is 0. The van der Waals surface area contributed by atoms with Crippen molar-refractivity contribution in [3.05, 3.63) is 63.2 Å². The van der Waals surface area contributed by atoms with Gasteiger partial charge in [0.1, 0.15) is 0 Å². The number of halogens is 1. The number of rotatable bonds is 4. The fraction of sp³-hybridized carbons (Fsp3) is 0.0625. The summed E-state index contributed by atoms with van der Waals surface area (Å²) in [5.41, 5.74) is 0.823. The molecule has 0 saturated carbocycles. The lowest BCUT2D eigenvalue weighted by molar-refractivity contribution is -0.384. The summed E-state index contributed by atoms with van der Waals surface area (Å²) in [6, 6.07) is 10.1. The number of carbonyl (C=O) groups is 2. The van der Waals surface area contributed by atoms with Crippen LogP contribution >= 0.6 is 23.8 Å². The number of nitro benzene ring substituents is 1. The molecule has 0 radical (unpaired) electrons. The lowest BCUT2D eigenvalue weighted by atomic mass is 10.2. The number of non-ortho nitro benzene ring substituents is 1. The Morgan fingerprint density at radius 1 is 1.08 bits per heavy atom. The van der Waals surface area contributed by atoms with Crippen LogP contribution in [0, 0.1) is 10.1 Å². The van der Waals surface area contributed by atoms with Crippen LogP contribution in [0.4, 0.5) is 17.1 Å². The van der Waals surface area contributed by atoms with Crippen molar-refractivity contribution in [2.75, 3.05) is 10.6 Å². The first-order valence-electron chi connectivity index (χ1n) is 7.20. The molecule has 0 aliphatic heterocycles. The van der Waals surface area contributed by atoms with Crippen LogP contribution in [0.3, 0.4) is 0 Å². The number of nitro groups is 1. The van der Waals surface area contributed by atoms with Gasteiger partial charge in [-0.2, -0.15) is 0 Å². The van der Waals surface area contributed by atoms with Gasteiger partial charge in [0.25, 0.3) is 11.6 Å². The van der Waals surface area contributed by atoms with Crippen LogP contribution in [0.15, 0.2) is 42.5 Å². The highest BCUT2D eigenvalue weighted by Gasteiger charge is 2.16. The molecule has 2 aromatic rings. The average Bonchev–Trinajstić information content (AvgIpc) is 2.56. The summed E-state index contributed by atoms with van der Waals surface area (Å²) < 4.78 is 0. The molecule has 0 unspecified atom stereocenters. The smallest absolute Gasteiger partial charge is 0.270 e. The topological polar surface area (TPSA) is 113 Å². The van der Waals surface area contributed by atoms with Crippen molar-refractivity contribution in [1.29, 1.82) is 0 Å². The first-order valence-corrected chi connectivity index (χ1v) is 7.99. The highest BCUT2D eigenvalue weighted by Crippen LogP contribution is 2.23. The van der Waals surface area contributed by atoms with Crippen molar-refractivity contribution in [2.24, 2.45) is 0 Å². The third-order valence-corrected chi connectivity index (χ3v) is 3.63. The predicted molar refractivity (Wildman–Crippen MR) is 103 cm³/mol. The molecule has 0 saturated heterocycles. The van der Waals surface area contributed by atoms with Crippen molar-refractivity contribution in [3.63, 3.8) is 0 Å². The molecule has 0 spiro atoms. The number of benzene rings is 2. The van der Waals surface area contributed by atoms with Crippen LogP contribution in [0.2, 0.25) is 5.02 Å². The molecule has 0 bridgehead atoms. The van der Waals surface area contributed by atoms with E-state index in [-0.39, 0.29) is 27.3 Å². The van der Waals surface area contributed by atoms with Gasteiger partial charge in [0, 0.05) is 30.4 Å². The molecule has 134 valence electrons. The van der Waals surface area contributed by atoms with Gasteiger partial charge in [-0.05, 0) is 42.5 Å². The number of carbonyl (C=O) groups excluding carboxylic acids is 2. The van der Waals surface area contributed by atoms with E-state index < -0.39 is 10.8 Å². The SMILES string of the molecule is CC(=O)NC(=S)Nc1ccc(NC(=O)c2cc([N+](=O)[O-])ccc2Cl)cc1. The fourth-order valence-corrected chi connectivity index (χ4v) is 2.42. The Balaban J connectivity index is 2.08. The summed E-state index contributed by atoms with van der Waals surface area (Å²) in [5, 5.41) is 18.9. The van der Waals surface area contributed by atoms with E-state index in [1.807, 2.05) is 0 Å². The van der Waals surface area contributed by atoms with E-state index in [1.54, 1.807) is 24.3 Å². The summed E-state index contributed by atoms with van der Waals surface area (Å²) in [6.07, 6.45) is 0. The molecule has 0 fully saturated rings. The molecule has 0 aliphatic carbocycles. The van der Waals surface area contributed by atoms with Gasteiger partial charge in [-0.1, -0.05) is 11.6 Å². The minimum Gasteiger partial charge on any atom is -0.332 e. The van der Waals surface area contributed by atoms with Crippen molar-refractivity contribution in [3.8, 4) is 0 Å².